The van der Waals surface area contributed by atoms with Gasteiger partial charge >= 0.3 is 0 Å². The van der Waals surface area contributed by atoms with Crippen molar-refractivity contribution in [1.82, 2.24) is 4.31 Å². The highest BCUT2D eigenvalue weighted by Crippen LogP contribution is 2.22. The van der Waals surface area contributed by atoms with Crippen LogP contribution in [0.4, 0.5) is 4.39 Å². The first-order valence-electron chi connectivity index (χ1n) is 5.10. The van der Waals surface area contributed by atoms with Crippen LogP contribution in [0.1, 0.15) is 0 Å². The molecule has 0 aromatic heterocycles. The van der Waals surface area contributed by atoms with Crippen molar-refractivity contribution in [2.45, 2.75) is 4.90 Å². The summed E-state index contributed by atoms with van der Waals surface area (Å²) in [7, 11) is -4.00. The molecule has 100 valence electrons. The van der Waals surface area contributed by atoms with Gasteiger partial charge in [0.2, 0.25) is 10.0 Å². The lowest BCUT2D eigenvalue weighted by molar-refractivity contribution is 0.260. The Kier molecular flexibility index (Phi) is 5.28. The molecule has 0 aliphatic rings. The molecule has 0 spiro atoms. The van der Waals surface area contributed by atoms with Crippen molar-refractivity contribution in [2.75, 3.05) is 19.7 Å². The van der Waals surface area contributed by atoms with Crippen LogP contribution < -0.4 is 0 Å². The maximum atomic E-state index is 13.6. The summed E-state index contributed by atoms with van der Waals surface area (Å²) in [4.78, 5) is -0.470. The minimum absolute atomic E-state index is 0.00897. The molecular weight excluding hydrogens is 281 g/mol. The lowest BCUT2D eigenvalue weighted by Gasteiger charge is -2.19. The molecule has 1 aromatic carbocycles. The van der Waals surface area contributed by atoms with Gasteiger partial charge in [0.25, 0.3) is 0 Å². The van der Waals surface area contributed by atoms with E-state index in [2.05, 4.69) is 6.58 Å². The molecule has 0 radical (unpaired) electrons. The molecule has 0 aliphatic heterocycles. The Labute approximate surface area is 110 Å². The summed E-state index contributed by atoms with van der Waals surface area (Å²) in [6, 6.07) is 3.32. The first-order valence-corrected chi connectivity index (χ1v) is 6.92. The van der Waals surface area contributed by atoms with E-state index >= 15 is 0 Å². The van der Waals surface area contributed by atoms with E-state index in [9.17, 15) is 12.8 Å². The predicted molar refractivity (Wildman–Crippen MR) is 67.5 cm³/mol. The predicted octanol–water partition coefficient (Wildman–Crippen LogP) is 1.65. The van der Waals surface area contributed by atoms with E-state index in [0.29, 0.717) is 0 Å². The Morgan fingerprint density at radius 2 is 2.17 bits per heavy atom. The molecule has 0 bridgehead atoms. The van der Waals surface area contributed by atoms with Crippen molar-refractivity contribution < 1.29 is 17.9 Å². The zero-order chi connectivity index (χ0) is 13.8. The average molecular weight is 294 g/mol. The number of benzene rings is 1. The van der Waals surface area contributed by atoms with Crippen LogP contribution in [-0.2, 0) is 10.0 Å². The number of halogens is 2. The summed E-state index contributed by atoms with van der Waals surface area (Å²) in [5, 5.41) is 8.95. The molecule has 0 saturated carbocycles. The Bertz CT molecular complexity index is 533. The van der Waals surface area contributed by atoms with Crippen LogP contribution in [-0.4, -0.2) is 37.5 Å². The van der Waals surface area contributed by atoms with E-state index in [1.54, 1.807) is 0 Å². The third-order valence-electron chi connectivity index (χ3n) is 2.19. The van der Waals surface area contributed by atoms with E-state index in [1.807, 2.05) is 0 Å². The molecule has 0 heterocycles. The van der Waals surface area contributed by atoms with Crippen molar-refractivity contribution in [3.8, 4) is 0 Å². The van der Waals surface area contributed by atoms with Gasteiger partial charge in [-0.1, -0.05) is 17.7 Å². The maximum Gasteiger partial charge on any atom is 0.246 e. The van der Waals surface area contributed by atoms with Gasteiger partial charge in [0.15, 0.2) is 0 Å². The van der Waals surface area contributed by atoms with Crippen molar-refractivity contribution in [1.29, 1.82) is 0 Å². The summed E-state index contributed by atoms with van der Waals surface area (Å²) in [5.74, 6) is -0.922. The highest BCUT2D eigenvalue weighted by atomic mass is 35.5. The maximum absolute atomic E-state index is 13.6. The summed E-state index contributed by atoms with van der Waals surface area (Å²) in [5.41, 5.74) is 0. The Hall–Kier alpha value is -0.950. The van der Waals surface area contributed by atoms with Gasteiger partial charge < -0.3 is 5.11 Å². The highest BCUT2D eigenvalue weighted by molar-refractivity contribution is 7.89. The van der Waals surface area contributed by atoms with Gasteiger partial charge in [-0.15, -0.1) is 6.58 Å². The van der Waals surface area contributed by atoms with Gasteiger partial charge in [0.1, 0.15) is 10.7 Å². The molecule has 0 fully saturated rings. The van der Waals surface area contributed by atoms with E-state index in [1.165, 1.54) is 12.1 Å². The fourth-order valence-electron chi connectivity index (χ4n) is 1.39. The standard InChI is InChI=1S/C11H13ClFNO3S/c1-2-5-14(6-7-15)18(16,17)11-4-3-9(12)8-10(11)13/h2-4,8,15H,1,5-7H2. The molecule has 1 N–H and O–H groups in total. The lowest BCUT2D eigenvalue weighted by atomic mass is 10.3. The van der Waals surface area contributed by atoms with Gasteiger partial charge in [0.05, 0.1) is 6.61 Å². The fraction of sp³-hybridized carbons (Fsp3) is 0.273. The minimum atomic E-state index is -4.00. The third kappa shape index (κ3) is 3.29. The van der Waals surface area contributed by atoms with Crippen LogP contribution in [0.15, 0.2) is 35.7 Å². The van der Waals surface area contributed by atoms with Crippen molar-refractivity contribution in [2.24, 2.45) is 0 Å². The second kappa shape index (κ2) is 6.29. The van der Waals surface area contributed by atoms with E-state index in [-0.39, 0.29) is 24.7 Å². The summed E-state index contributed by atoms with van der Waals surface area (Å²) in [6.07, 6.45) is 1.36. The second-order valence-electron chi connectivity index (χ2n) is 3.45. The van der Waals surface area contributed by atoms with E-state index in [0.717, 1.165) is 16.4 Å². The molecular formula is C11H13ClFNO3S. The molecule has 1 rings (SSSR count). The number of hydrogen-bond acceptors (Lipinski definition) is 3. The number of aliphatic hydroxyl groups excluding tert-OH is 1. The molecule has 18 heavy (non-hydrogen) atoms. The van der Waals surface area contributed by atoms with Crippen LogP contribution >= 0.6 is 11.6 Å². The molecule has 0 saturated heterocycles. The van der Waals surface area contributed by atoms with Crippen molar-refractivity contribution in [3.05, 3.63) is 41.7 Å². The Morgan fingerprint density at radius 1 is 1.50 bits per heavy atom. The summed E-state index contributed by atoms with van der Waals surface area (Å²) >= 11 is 5.56. The second-order valence-corrected chi connectivity index (χ2v) is 5.79. The fourth-order valence-corrected chi connectivity index (χ4v) is 2.99. The largest absolute Gasteiger partial charge is 0.395 e. The Balaban J connectivity index is 3.21. The van der Waals surface area contributed by atoms with Gasteiger partial charge in [-0.2, -0.15) is 4.31 Å². The normalized spacial score (nSPS) is 11.8. The molecule has 4 nitrogen and oxygen atoms in total. The molecule has 0 amide bonds. The van der Waals surface area contributed by atoms with Crippen LogP contribution in [0, 0.1) is 5.82 Å². The zero-order valence-corrected chi connectivity index (χ0v) is 11.1. The number of nitrogens with zero attached hydrogens (tertiary/aromatic N) is 1. The topological polar surface area (TPSA) is 57.6 Å². The summed E-state index contributed by atoms with van der Waals surface area (Å²) in [6.45, 7) is 2.93. The molecule has 0 atom stereocenters. The lowest BCUT2D eigenvalue weighted by Crippen LogP contribution is -2.34. The van der Waals surface area contributed by atoms with Crippen LogP contribution in [0.25, 0.3) is 0 Å². The first kappa shape index (κ1) is 15.1. The zero-order valence-electron chi connectivity index (χ0n) is 9.51. The van der Waals surface area contributed by atoms with E-state index in [4.69, 9.17) is 16.7 Å². The number of rotatable bonds is 6. The smallest absolute Gasteiger partial charge is 0.246 e. The number of sulfonamides is 1. The van der Waals surface area contributed by atoms with Crippen LogP contribution in [0.5, 0.6) is 0 Å². The monoisotopic (exact) mass is 293 g/mol. The molecule has 7 heteroatoms. The van der Waals surface area contributed by atoms with Crippen LogP contribution in [0.3, 0.4) is 0 Å². The number of aliphatic hydroxyl groups is 1. The van der Waals surface area contributed by atoms with Crippen molar-refractivity contribution >= 4 is 21.6 Å². The molecule has 0 aliphatic carbocycles. The van der Waals surface area contributed by atoms with E-state index < -0.39 is 20.7 Å². The third-order valence-corrected chi connectivity index (χ3v) is 4.33. The molecule has 0 unspecified atom stereocenters. The SMILES string of the molecule is C=CCN(CCO)S(=O)(=O)c1ccc(Cl)cc1F. The van der Waals surface area contributed by atoms with Gasteiger partial charge in [-0.05, 0) is 18.2 Å². The minimum Gasteiger partial charge on any atom is -0.395 e. The Morgan fingerprint density at radius 3 is 2.67 bits per heavy atom. The van der Waals surface area contributed by atoms with Gasteiger partial charge in [-0.3, -0.25) is 0 Å². The summed E-state index contributed by atoms with van der Waals surface area (Å²) < 4.78 is 38.8. The number of hydrogen-bond donors (Lipinski definition) is 1. The first-order chi connectivity index (χ1) is 8.43. The molecule has 1 aromatic rings. The van der Waals surface area contributed by atoms with Gasteiger partial charge in [0, 0.05) is 18.1 Å². The quantitative estimate of drug-likeness (QED) is 0.811. The van der Waals surface area contributed by atoms with Crippen LogP contribution in [0.2, 0.25) is 5.02 Å². The average Bonchev–Trinajstić information content (AvgIpc) is 2.28. The van der Waals surface area contributed by atoms with Gasteiger partial charge in [-0.25, -0.2) is 12.8 Å². The van der Waals surface area contributed by atoms with Crippen molar-refractivity contribution in [3.63, 3.8) is 0 Å². The highest BCUT2D eigenvalue weighted by Gasteiger charge is 2.26.